The predicted molar refractivity (Wildman–Crippen MR) is 75.9 cm³/mol. The summed E-state index contributed by atoms with van der Waals surface area (Å²) in [4.78, 5) is 0. The van der Waals surface area contributed by atoms with Crippen LogP contribution in [0.5, 0.6) is 0 Å². The van der Waals surface area contributed by atoms with E-state index in [1.807, 2.05) is 0 Å². The van der Waals surface area contributed by atoms with Crippen LogP contribution in [0.15, 0.2) is 18.2 Å². The fourth-order valence-electron chi connectivity index (χ4n) is 2.50. The summed E-state index contributed by atoms with van der Waals surface area (Å²) < 4.78 is 0. The lowest BCUT2D eigenvalue weighted by Crippen LogP contribution is -2.33. The fourth-order valence-corrected chi connectivity index (χ4v) is 2.50. The largest absolute Gasteiger partial charge is 0.396 e. The second-order valence-electron chi connectivity index (χ2n) is 6.21. The van der Waals surface area contributed by atoms with E-state index >= 15 is 0 Å². The van der Waals surface area contributed by atoms with Gasteiger partial charge in [0.25, 0.3) is 0 Å². The number of nitrogens with one attached hydrogen (secondary N) is 1. The Labute approximate surface area is 110 Å². The van der Waals surface area contributed by atoms with E-state index in [1.165, 1.54) is 24.8 Å². The van der Waals surface area contributed by atoms with Crippen molar-refractivity contribution in [3.8, 4) is 0 Å². The third kappa shape index (κ3) is 3.56. The van der Waals surface area contributed by atoms with Gasteiger partial charge in [0.15, 0.2) is 0 Å². The third-order valence-electron chi connectivity index (χ3n) is 3.78. The molecule has 0 bridgehead atoms. The van der Waals surface area contributed by atoms with Gasteiger partial charge in [-0.3, -0.25) is 0 Å². The number of fused-ring (bicyclic) bond motifs is 1. The van der Waals surface area contributed by atoms with Crippen LogP contribution in [0.25, 0.3) is 0 Å². The van der Waals surface area contributed by atoms with E-state index in [0.29, 0.717) is 0 Å². The summed E-state index contributed by atoms with van der Waals surface area (Å²) in [5, 5.41) is 12.6. The van der Waals surface area contributed by atoms with Gasteiger partial charge in [0.05, 0.1) is 0 Å². The first-order valence-corrected chi connectivity index (χ1v) is 7.03. The maximum absolute atomic E-state index is 9.18. The lowest BCUT2D eigenvalue weighted by atomic mass is 9.95. The van der Waals surface area contributed by atoms with Crippen molar-refractivity contribution in [1.29, 1.82) is 0 Å². The topological polar surface area (TPSA) is 32.3 Å². The monoisotopic (exact) mass is 247 g/mol. The number of benzene rings is 1. The second kappa shape index (κ2) is 5.85. The zero-order chi connectivity index (χ0) is 13.0. The standard InChI is InChI=1S/C16H25NO/c1-16(2,12-18)11-17-9-8-13-6-7-14-4-3-5-15(14)10-13/h6-7,10,17-18H,3-5,8-9,11-12H2,1-2H3. The quantitative estimate of drug-likeness (QED) is 0.756. The highest BCUT2D eigenvalue weighted by molar-refractivity contribution is 5.35. The van der Waals surface area contributed by atoms with Crippen LogP contribution in [0.1, 0.15) is 37.0 Å². The Kier molecular flexibility index (Phi) is 4.41. The normalized spacial score (nSPS) is 14.8. The van der Waals surface area contributed by atoms with Crippen molar-refractivity contribution < 1.29 is 5.11 Å². The van der Waals surface area contributed by atoms with E-state index in [9.17, 15) is 5.11 Å². The highest BCUT2D eigenvalue weighted by Crippen LogP contribution is 2.22. The SMILES string of the molecule is CC(C)(CO)CNCCc1ccc2c(c1)CCC2. The molecule has 2 nitrogen and oxygen atoms in total. The number of aliphatic hydroxyl groups is 1. The summed E-state index contributed by atoms with van der Waals surface area (Å²) in [6.07, 6.45) is 4.92. The van der Waals surface area contributed by atoms with E-state index in [4.69, 9.17) is 0 Å². The number of hydrogen-bond donors (Lipinski definition) is 2. The minimum absolute atomic E-state index is 0.0159. The predicted octanol–water partition coefficient (Wildman–Crippen LogP) is 2.33. The highest BCUT2D eigenvalue weighted by Gasteiger charge is 2.15. The Morgan fingerprint density at radius 1 is 1.22 bits per heavy atom. The van der Waals surface area contributed by atoms with Crippen molar-refractivity contribution in [3.05, 3.63) is 34.9 Å². The van der Waals surface area contributed by atoms with Crippen LogP contribution in [0, 0.1) is 5.41 Å². The van der Waals surface area contributed by atoms with Crippen LogP contribution in [-0.2, 0) is 19.3 Å². The molecule has 0 saturated carbocycles. The van der Waals surface area contributed by atoms with Crippen LogP contribution in [-0.4, -0.2) is 24.8 Å². The van der Waals surface area contributed by atoms with Gasteiger partial charge in [-0.1, -0.05) is 32.0 Å². The summed E-state index contributed by atoms with van der Waals surface area (Å²) in [5.74, 6) is 0. The Balaban J connectivity index is 1.77. The highest BCUT2D eigenvalue weighted by atomic mass is 16.3. The van der Waals surface area contributed by atoms with Gasteiger partial charge in [0.2, 0.25) is 0 Å². The molecule has 2 heteroatoms. The molecule has 1 aromatic rings. The molecule has 0 amide bonds. The smallest absolute Gasteiger partial charge is 0.0494 e. The number of aryl methyl sites for hydroxylation is 2. The molecular formula is C16H25NO. The summed E-state index contributed by atoms with van der Waals surface area (Å²) in [5.41, 5.74) is 4.53. The van der Waals surface area contributed by atoms with Crippen molar-refractivity contribution in [3.63, 3.8) is 0 Å². The summed E-state index contributed by atoms with van der Waals surface area (Å²) in [6, 6.07) is 6.94. The molecule has 18 heavy (non-hydrogen) atoms. The first-order valence-electron chi connectivity index (χ1n) is 7.03. The first-order chi connectivity index (χ1) is 8.61. The van der Waals surface area contributed by atoms with E-state index in [-0.39, 0.29) is 12.0 Å². The summed E-state index contributed by atoms with van der Waals surface area (Å²) >= 11 is 0. The molecule has 0 aromatic heterocycles. The fraction of sp³-hybridized carbons (Fsp3) is 0.625. The third-order valence-corrected chi connectivity index (χ3v) is 3.78. The minimum Gasteiger partial charge on any atom is -0.396 e. The molecular weight excluding hydrogens is 222 g/mol. The second-order valence-corrected chi connectivity index (χ2v) is 6.21. The van der Waals surface area contributed by atoms with E-state index in [0.717, 1.165) is 19.5 Å². The van der Waals surface area contributed by atoms with Gasteiger partial charge < -0.3 is 10.4 Å². The van der Waals surface area contributed by atoms with Crippen LogP contribution in [0.4, 0.5) is 0 Å². The van der Waals surface area contributed by atoms with Crippen LogP contribution in [0.3, 0.4) is 0 Å². The molecule has 100 valence electrons. The molecule has 0 unspecified atom stereocenters. The van der Waals surface area contributed by atoms with Gasteiger partial charge in [0, 0.05) is 18.6 Å². The molecule has 0 saturated heterocycles. The summed E-state index contributed by atoms with van der Waals surface area (Å²) in [7, 11) is 0. The number of aliphatic hydroxyl groups excluding tert-OH is 1. The van der Waals surface area contributed by atoms with Gasteiger partial charge in [0.1, 0.15) is 0 Å². The van der Waals surface area contributed by atoms with Crippen molar-refractivity contribution in [2.24, 2.45) is 5.41 Å². The van der Waals surface area contributed by atoms with Crippen molar-refractivity contribution in [2.45, 2.75) is 39.5 Å². The van der Waals surface area contributed by atoms with E-state index < -0.39 is 0 Å². The number of hydrogen-bond acceptors (Lipinski definition) is 2. The van der Waals surface area contributed by atoms with E-state index in [2.05, 4.69) is 37.4 Å². The Bertz CT molecular complexity index is 398. The molecule has 1 aliphatic rings. The molecule has 1 aliphatic carbocycles. The van der Waals surface area contributed by atoms with Gasteiger partial charge in [-0.25, -0.2) is 0 Å². The maximum Gasteiger partial charge on any atom is 0.0494 e. The maximum atomic E-state index is 9.18. The molecule has 0 atom stereocenters. The molecule has 2 N–H and O–H groups in total. The molecule has 0 spiro atoms. The molecule has 2 rings (SSSR count). The van der Waals surface area contributed by atoms with Crippen molar-refractivity contribution in [2.75, 3.05) is 19.7 Å². The lowest BCUT2D eigenvalue weighted by Gasteiger charge is -2.21. The van der Waals surface area contributed by atoms with Crippen molar-refractivity contribution in [1.82, 2.24) is 5.32 Å². The molecule has 0 fully saturated rings. The van der Waals surface area contributed by atoms with Gasteiger partial charge in [-0.2, -0.15) is 0 Å². The van der Waals surface area contributed by atoms with E-state index in [1.54, 1.807) is 11.1 Å². The first kappa shape index (κ1) is 13.6. The minimum atomic E-state index is -0.0159. The number of rotatable bonds is 6. The van der Waals surface area contributed by atoms with Gasteiger partial charge in [-0.05, 0) is 48.9 Å². The zero-order valence-corrected chi connectivity index (χ0v) is 11.6. The summed E-state index contributed by atoms with van der Waals surface area (Å²) in [6.45, 7) is 6.25. The average molecular weight is 247 g/mol. The van der Waals surface area contributed by atoms with Crippen LogP contribution >= 0.6 is 0 Å². The van der Waals surface area contributed by atoms with Crippen molar-refractivity contribution >= 4 is 0 Å². The molecule has 0 heterocycles. The van der Waals surface area contributed by atoms with Crippen LogP contribution < -0.4 is 5.32 Å². The Morgan fingerprint density at radius 3 is 2.78 bits per heavy atom. The molecule has 1 aromatic carbocycles. The zero-order valence-electron chi connectivity index (χ0n) is 11.6. The van der Waals surface area contributed by atoms with Crippen LogP contribution in [0.2, 0.25) is 0 Å². The van der Waals surface area contributed by atoms with Gasteiger partial charge >= 0.3 is 0 Å². The van der Waals surface area contributed by atoms with Gasteiger partial charge in [-0.15, -0.1) is 0 Å². The Morgan fingerprint density at radius 2 is 2.00 bits per heavy atom. The Hall–Kier alpha value is -0.860. The molecule has 0 radical (unpaired) electrons. The average Bonchev–Trinajstić information content (AvgIpc) is 2.82. The molecule has 0 aliphatic heterocycles. The lowest BCUT2D eigenvalue weighted by molar-refractivity contribution is 0.157.